The minimum absolute atomic E-state index is 0.311. The third-order valence-corrected chi connectivity index (χ3v) is 5.06. The number of aryl methyl sites for hydroxylation is 1. The van der Waals surface area contributed by atoms with Gasteiger partial charge in [0.05, 0.1) is 16.1 Å². The zero-order valence-electron chi connectivity index (χ0n) is 11.2. The topological polar surface area (TPSA) is 44.0 Å². The van der Waals surface area contributed by atoms with Gasteiger partial charge in [0.1, 0.15) is 11.5 Å². The Hall–Kier alpha value is -1.53. The lowest BCUT2D eigenvalue weighted by Crippen LogP contribution is -2.30. The molecule has 2 aromatic rings. The smallest absolute Gasteiger partial charge is 0.113 e. The van der Waals surface area contributed by atoms with Gasteiger partial charge < -0.3 is 5.11 Å². The van der Waals surface area contributed by atoms with Crippen molar-refractivity contribution < 1.29 is 5.11 Å². The summed E-state index contributed by atoms with van der Waals surface area (Å²) in [4.78, 5) is 0. The molecule has 0 radical (unpaired) electrons. The van der Waals surface area contributed by atoms with Crippen LogP contribution in [0.2, 0.25) is 10.0 Å². The first-order valence-corrected chi connectivity index (χ1v) is 7.47. The van der Waals surface area contributed by atoms with Crippen molar-refractivity contribution in [2.24, 2.45) is 0 Å². The zero-order valence-corrected chi connectivity index (χ0v) is 12.7. The quantitative estimate of drug-likeness (QED) is 0.890. The lowest BCUT2D eigenvalue weighted by molar-refractivity contribution is 0.111. The summed E-state index contributed by atoms with van der Waals surface area (Å²) in [6, 6.07) is 15.2. The molecule has 4 heteroatoms. The predicted molar refractivity (Wildman–Crippen MR) is 83.5 cm³/mol. The molecule has 0 fully saturated rings. The van der Waals surface area contributed by atoms with Gasteiger partial charge in [-0.2, -0.15) is 5.26 Å². The fourth-order valence-electron chi connectivity index (χ4n) is 3.10. The molecule has 0 spiro atoms. The summed E-state index contributed by atoms with van der Waals surface area (Å²) in [5, 5.41) is 21.3. The van der Waals surface area contributed by atoms with E-state index in [1.165, 1.54) is 0 Å². The van der Waals surface area contributed by atoms with E-state index < -0.39 is 11.5 Å². The van der Waals surface area contributed by atoms with Crippen molar-refractivity contribution in [1.82, 2.24) is 0 Å². The molecule has 2 aromatic carbocycles. The lowest BCUT2D eigenvalue weighted by Gasteiger charge is -2.29. The number of aliphatic hydroxyl groups excluding tert-OH is 1. The van der Waals surface area contributed by atoms with Crippen molar-refractivity contribution in [3.63, 3.8) is 0 Å². The second-order valence-corrected chi connectivity index (χ2v) is 6.07. The van der Waals surface area contributed by atoms with Gasteiger partial charge >= 0.3 is 0 Å². The van der Waals surface area contributed by atoms with E-state index in [1.807, 2.05) is 24.3 Å². The first-order chi connectivity index (χ1) is 10.1. The molecule has 0 bridgehead atoms. The van der Waals surface area contributed by atoms with Crippen LogP contribution in [-0.4, -0.2) is 5.11 Å². The van der Waals surface area contributed by atoms with Crippen LogP contribution in [0.1, 0.15) is 29.2 Å². The molecule has 0 amide bonds. The fraction of sp³-hybridized carbons (Fsp3) is 0.235. The maximum atomic E-state index is 10.9. The van der Waals surface area contributed by atoms with Crippen molar-refractivity contribution in [2.75, 3.05) is 0 Å². The summed E-state index contributed by atoms with van der Waals surface area (Å²) in [6.07, 6.45) is 0.351. The Morgan fingerprint density at radius 1 is 1.14 bits per heavy atom. The molecule has 0 saturated carbocycles. The van der Waals surface area contributed by atoms with Crippen LogP contribution in [0.25, 0.3) is 0 Å². The summed E-state index contributed by atoms with van der Waals surface area (Å²) >= 11 is 12.2. The third kappa shape index (κ3) is 2.13. The second kappa shape index (κ2) is 5.35. The summed E-state index contributed by atoms with van der Waals surface area (Å²) in [5.74, 6) is 0. The van der Waals surface area contributed by atoms with Gasteiger partial charge in [-0.05, 0) is 30.0 Å². The molecule has 1 aliphatic carbocycles. The summed E-state index contributed by atoms with van der Waals surface area (Å²) in [6.45, 7) is 0. The number of benzene rings is 2. The highest BCUT2D eigenvalue weighted by atomic mass is 35.5. The average Bonchev–Trinajstić information content (AvgIpc) is 2.89. The Morgan fingerprint density at radius 3 is 2.67 bits per heavy atom. The van der Waals surface area contributed by atoms with Crippen LogP contribution in [0.4, 0.5) is 0 Å². The maximum Gasteiger partial charge on any atom is 0.113 e. The average molecular weight is 318 g/mol. The lowest BCUT2D eigenvalue weighted by atomic mass is 9.75. The normalized spacial score (nSPS) is 21.6. The van der Waals surface area contributed by atoms with Crippen molar-refractivity contribution >= 4 is 23.2 Å². The molecule has 21 heavy (non-hydrogen) atoms. The molecule has 1 aliphatic rings. The van der Waals surface area contributed by atoms with E-state index in [4.69, 9.17) is 23.2 Å². The van der Waals surface area contributed by atoms with Crippen molar-refractivity contribution in [3.8, 4) is 6.07 Å². The molecular weight excluding hydrogens is 305 g/mol. The van der Waals surface area contributed by atoms with E-state index in [9.17, 15) is 10.4 Å². The largest absolute Gasteiger partial charge is 0.386 e. The van der Waals surface area contributed by atoms with Crippen LogP contribution in [0.5, 0.6) is 0 Å². The van der Waals surface area contributed by atoms with Gasteiger partial charge in [0.2, 0.25) is 0 Å². The summed E-state index contributed by atoms with van der Waals surface area (Å²) < 4.78 is 0. The number of rotatable bonds is 2. The van der Waals surface area contributed by atoms with Crippen LogP contribution in [0, 0.1) is 11.3 Å². The van der Waals surface area contributed by atoms with Gasteiger partial charge in [-0.25, -0.2) is 0 Å². The number of nitrogens with zero attached hydrogens (tertiary/aromatic N) is 1. The van der Waals surface area contributed by atoms with Crippen molar-refractivity contribution in [3.05, 3.63) is 69.2 Å². The number of halogens is 2. The van der Waals surface area contributed by atoms with E-state index in [0.29, 0.717) is 22.0 Å². The van der Waals surface area contributed by atoms with Gasteiger partial charge in [-0.3, -0.25) is 0 Å². The highest BCUT2D eigenvalue weighted by molar-refractivity contribution is 6.42. The molecule has 0 aromatic heterocycles. The summed E-state index contributed by atoms with van der Waals surface area (Å²) in [7, 11) is 0. The van der Waals surface area contributed by atoms with Gasteiger partial charge in [-0.15, -0.1) is 0 Å². The molecule has 106 valence electrons. The Balaban J connectivity index is 2.14. The number of nitriles is 1. The molecule has 0 heterocycles. The SMILES string of the molecule is N#CC1(C(O)c2cccc(Cl)c2Cl)CCc2ccccc21. The first kappa shape index (κ1) is 14.4. The molecule has 2 nitrogen and oxygen atoms in total. The maximum absolute atomic E-state index is 10.9. The molecule has 1 N–H and O–H groups in total. The van der Waals surface area contributed by atoms with E-state index in [-0.39, 0.29) is 0 Å². The Kier molecular flexibility index (Phi) is 3.67. The zero-order chi connectivity index (χ0) is 15.0. The highest BCUT2D eigenvalue weighted by Gasteiger charge is 2.46. The van der Waals surface area contributed by atoms with E-state index in [2.05, 4.69) is 6.07 Å². The van der Waals surface area contributed by atoms with Gasteiger partial charge in [0, 0.05) is 5.56 Å². The van der Waals surface area contributed by atoms with Crippen molar-refractivity contribution in [1.29, 1.82) is 5.26 Å². The number of aliphatic hydroxyl groups is 1. The van der Waals surface area contributed by atoms with Gasteiger partial charge in [-0.1, -0.05) is 59.6 Å². The molecule has 2 unspecified atom stereocenters. The van der Waals surface area contributed by atoms with Gasteiger partial charge in [0.15, 0.2) is 0 Å². The number of hydrogen-bond donors (Lipinski definition) is 1. The van der Waals surface area contributed by atoms with Crippen LogP contribution in [0.15, 0.2) is 42.5 Å². The van der Waals surface area contributed by atoms with E-state index in [1.54, 1.807) is 18.2 Å². The third-order valence-electron chi connectivity index (χ3n) is 4.23. The molecular formula is C17H13Cl2NO. The Bertz CT molecular complexity index is 738. The Morgan fingerprint density at radius 2 is 1.90 bits per heavy atom. The standard InChI is InChI=1S/C17H13Cl2NO/c18-14-7-3-5-12(15(14)19)16(21)17(10-20)9-8-11-4-1-2-6-13(11)17/h1-7,16,21H,8-9H2. The number of fused-ring (bicyclic) bond motifs is 1. The van der Waals surface area contributed by atoms with Crippen LogP contribution < -0.4 is 0 Å². The van der Waals surface area contributed by atoms with Crippen LogP contribution >= 0.6 is 23.2 Å². The van der Waals surface area contributed by atoms with Gasteiger partial charge in [0.25, 0.3) is 0 Å². The number of hydrogen-bond acceptors (Lipinski definition) is 2. The summed E-state index contributed by atoms with van der Waals surface area (Å²) in [5.41, 5.74) is 1.53. The van der Waals surface area contributed by atoms with Crippen LogP contribution in [-0.2, 0) is 11.8 Å². The fourth-order valence-corrected chi connectivity index (χ4v) is 3.51. The first-order valence-electron chi connectivity index (χ1n) is 6.72. The Labute approximate surface area is 133 Å². The molecule has 0 saturated heterocycles. The van der Waals surface area contributed by atoms with Crippen molar-refractivity contribution in [2.45, 2.75) is 24.4 Å². The minimum atomic E-state index is -1.00. The molecule has 0 aliphatic heterocycles. The molecule has 2 atom stereocenters. The molecule has 3 rings (SSSR count). The minimum Gasteiger partial charge on any atom is -0.386 e. The van der Waals surface area contributed by atoms with E-state index in [0.717, 1.165) is 17.5 Å². The van der Waals surface area contributed by atoms with E-state index >= 15 is 0 Å². The predicted octanol–water partition coefficient (Wildman–Crippen LogP) is 4.43. The van der Waals surface area contributed by atoms with Crippen LogP contribution in [0.3, 0.4) is 0 Å². The highest BCUT2D eigenvalue weighted by Crippen LogP contribution is 2.48. The second-order valence-electron chi connectivity index (χ2n) is 5.29. The monoisotopic (exact) mass is 317 g/mol.